The number of halogens is 1. The van der Waals surface area contributed by atoms with Gasteiger partial charge in [0.05, 0.1) is 35.8 Å². The Kier molecular flexibility index (Phi) is 4.83. The monoisotopic (exact) mass is 417 g/mol. The summed E-state index contributed by atoms with van der Waals surface area (Å²) in [6.45, 7) is 3.36. The molecule has 2 atom stereocenters. The first-order chi connectivity index (χ1) is 14.1. The van der Waals surface area contributed by atoms with Gasteiger partial charge in [-0.1, -0.05) is 11.3 Å². The van der Waals surface area contributed by atoms with Gasteiger partial charge in [-0.15, -0.1) is 0 Å². The molecule has 4 heterocycles. The highest BCUT2D eigenvalue weighted by atomic mass is 32.1. The summed E-state index contributed by atoms with van der Waals surface area (Å²) in [5.74, 6) is 0.650. The number of thiazole rings is 1. The van der Waals surface area contributed by atoms with Crippen molar-refractivity contribution in [2.75, 3.05) is 43.2 Å². The van der Waals surface area contributed by atoms with Gasteiger partial charge in [0.15, 0.2) is 10.8 Å². The molecule has 1 saturated heterocycles. The third kappa shape index (κ3) is 3.78. The maximum absolute atomic E-state index is 12.6. The van der Waals surface area contributed by atoms with E-state index in [1.165, 1.54) is 24.2 Å². The van der Waals surface area contributed by atoms with E-state index in [1.54, 1.807) is 4.90 Å². The normalized spacial score (nSPS) is 22.4. The van der Waals surface area contributed by atoms with Crippen molar-refractivity contribution in [2.24, 2.45) is 0 Å². The van der Waals surface area contributed by atoms with Gasteiger partial charge >= 0.3 is 0 Å². The van der Waals surface area contributed by atoms with E-state index >= 15 is 0 Å². The largest absolute Gasteiger partial charge is 0.367 e. The molecule has 0 aromatic carbocycles. The minimum atomic E-state index is -0.409. The minimum Gasteiger partial charge on any atom is -0.367 e. The van der Waals surface area contributed by atoms with Crippen LogP contribution < -0.4 is 9.80 Å². The lowest BCUT2D eigenvalue weighted by Gasteiger charge is -2.36. The summed E-state index contributed by atoms with van der Waals surface area (Å²) < 4.78 is 21.8. The van der Waals surface area contributed by atoms with Crippen LogP contribution in [0.4, 0.5) is 15.5 Å². The van der Waals surface area contributed by atoms with E-state index in [2.05, 4.69) is 42.8 Å². The molecule has 154 valence electrons. The zero-order valence-electron chi connectivity index (χ0n) is 16.5. The predicted octanol–water partition coefficient (Wildman–Crippen LogP) is 2.99. The molecule has 3 aromatic rings. The number of ether oxygens (including phenoxy) is 1. The van der Waals surface area contributed by atoms with Gasteiger partial charge in [0.2, 0.25) is 5.95 Å². The fourth-order valence-corrected chi connectivity index (χ4v) is 4.48. The Morgan fingerprint density at radius 3 is 2.93 bits per heavy atom. The highest BCUT2D eigenvalue weighted by Crippen LogP contribution is 2.36. The Labute approximate surface area is 172 Å². The van der Waals surface area contributed by atoms with Crippen molar-refractivity contribution in [1.29, 1.82) is 0 Å². The lowest BCUT2D eigenvalue weighted by molar-refractivity contribution is -0.0178. The number of alkyl halides is 1. The Morgan fingerprint density at radius 1 is 1.28 bits per heavy atom. The molecular formula is C19H24FN7OS. The van der Waals surface area contributed by atoms with Crippen LogP contribution in [-0.4, -0.2) is 64.2 Å². The Hall–Kier alpha value is -2.33. The third-order valence-electron chi connectivity index (χ3n) is 5.33. The van der Waals surface area contributed by atoms with Crippen molar-refractivity contribution >= 4 is 32.8 Å². The lowest BCUT2D eigenvalue weighted by atomic mass is 10.1. The number of fused-ring (bicyclic) bond motifs is 1. The molecule has 10 heteroatoms. The topological polar surface area (TPSA) is 72.2 Å². The van der Waals surface area contributed by atoms with Gasteiger partial charge < -0.3 is 14.5 Å². The lowest BCUT2D eigenvalue weighted by Crippen LogP contribution is -2.43. The molecule has 0 bridgehead atoms. The van der Waals surface area contributed by atoms with Crippen LogP contribution in [0.25, 0.3) is 10.3 Å². The molecule has 2 fully saturated rings. The van der Waals surface area contributed by atoms with Crippen LogP contribution in [-0.2, 0) is 4.74 Å². The van der Waals surface area contributed by atoms with E-state index in [4.69, 9.17) is 4.74 Å². The number of hydrogen-bond donors (Lipinski definition) is 0. The fourth-order valence-electron chi connectivity index (χ4n) is 3.61. The molecule has 2 aliphatic rings. The number of morpholine rings is 1. The molecule has 3 aromatic heterocycles. The number of aromatic nitrogens is 5. The highest BCUT2D eigenvalue weighted by Gasteiger charge is 2.31. The second kappa shape index (κ2) is 7.49. The average molecular weight is 418 g/mol. The van der Waals surface area contributed by atoms with E-state index in [0.717, 1.165) is 21.9 Å². The molecule has 0 N–H and O–H groups in total. The van der Waals surface area contributed by atoms with E-state index in [0.29, 0.717) is 30.7 Å². The van der Waals surface area contributed by atoms with Crippen molar-refractivity contribution in [3.05, 3.63) is 24.2 Å². The van der Waals surface area contributed by atoms with Crippen LogP contribution in [0.15, 0.2) is 18.6 Å². The van der Waals surface area contributed by atoms with E-state index in [9.17, 15) is 4.39 Å². The predicted molar refractivity (Wildman–Crippen MR) is 110 cm³/mol. The van der Waals surface area contributed by atoms with Gasteiger partial charge in [0.1, 0.15) is 12.8 Å². The molecule has 0 unspecified atom stereocenters. The molecule has 1 saturated carbocycles. The summed E-state index contributed by atoms with van der Waals surface area (Å²) in [5, 5.41) is 5.25. The molecule has 1 aliphatic heterocycles. The molecular weight excluding hydrogens is 393 g/mol. The smallest absolute Gasteiger partial charge is 0.227 e. The van der Waals surface area contributed by atoms with Gasteiger partial charge in [-0.25, -0.2) is 9.37 Å². The van der Waals surface area contributed by atoms with Crippen LogP contribution in [0.2, 0.25) is 0 Å². The molecule has 8 nitrogen and oxygen atoms in total. The molecule has 5 rings (SSSR count). The van der Waals surface area contributed by atoms with Gasteiger partial charge in [0, 0.05) is 31.9 Å². The maximum Gasteiger partial charge on any atom is 0.227 e. The van der Waals surface area contributed by atoms with Gasteiger partial charge in [-0.2, -0.15) is 15.1 Å². The number of anilines is 2. The van der Waals surface area contributed by atoms with Gasteiger partial charge in [-0.05, 0) is 19.8 Å². The van der Waals surface area contributed by atoms with Crippen molar-refractivity contribution in [2.45, 2.75) is 38.0 Å². The zero-order valence-corrected chi connectivity index (χ0v) is 17.3. The summed E-state index contributed by atoms with van der Waals surface area (Å²) in [4.78, 5) is 17.8. The van der Waals surface area contributed by atoms with Gasteiger partial charge in [0.25, 0.3) is 0 Å². The molecule has 0 amide bonds. The average Bonchev–Trinajstić information content (AvgIpc) is 3.28. The quantitative estimate of drug-likeness (QED) is 0.610. The molecule has 0 spiro atoms. The molecule has 29 heavy (non-hydrogen) atoms. The van der Waals surface area contributed by atoms with Crippen LogP contribution >= 0.6 is 11.3 Å². The summed E-state index contributed by atoms with van der Waals surface area (Å²) in [7, 11) is 1.84. The summed E-state index contributed by atoms with van der Waals surface area (Å²) >= 11 is 1.48. The van der Waals surface area contributed by atoms with Crippen LogP contribution in [0.1, 0.15) is 37.5 Å². The first kappa shape index (κ1) is 18.7. The maximum atomic E-state index is 12.6. The summed E-state index contributed by atoms with van der Waals surface area (Å²) in [6, 6.07) is 0.556. The zero-order chi connectivity index (χ0) is 20.0. The Balaban J connectivity index is 1.37. The van der Waals surface area contributed by atoms with Crippen LogP contribution in [0.3, 0.4) is 0 Å². The number of hydrogen-bond acceptors (Lipinski definition) is 8. The van der Waals surface area contributed by atoms with Crippen LogP contribution in [0.5, 0.6) is 0 Å². The minimum absolute atomic E-state index is 0.0546. The standard InChI is InChI=1S/C19H24FN7OS/c1-12-9-26(11-15(28-12)13-7-22-27(10-13)14-3-4-14)18-21-8-16-17(23-18)24-19(29-16)25(2)6-5-20/h7-8,10,12,14-15H,3-6,9,11H2,1-2H3/t12-,15-/m1/s1. The number of nitrogens with zero attached hydrogens (tertiary/aromatic N) is 7. The van der Waals surface area contributed by atoms with Crippen molar-refractivity contribution < 1.29 is 9.13 Å². The van der Waals surface area contributed by atoms with Gasteiger partial charge in [-0.3, -0.25) is 4.68 Å². The first-order valence-electron chi connectivity index (χ1n) is 9.96. The fraction of sp³-hybridized carbons (Fsp3) is 0.579. The van der Waals surface area contributed by atoms with E-state index < -0.39 is 6.67 Å². The summed E-state index contributed by atoms with van der Waals surface area (Å²) in [6.07, 6.45) is 8.24. The SMILES string of the molecule is C[C@@H]1CN(c2ncc3sc(N(C)CCF)nc3n2)C[C@H](c2cnn(C3CC3)c2)O1. The van der Waals surface area contributed by atoms with E-state index in [-0.39, 0.29) is 12.2 Å². The van der Waals surface area contributed by atoms with Crippen LogP contribution in [0, 0.1) is 0 Å². The Morgan fingerprint density at radius 2 is 2.14 bits per heavy atom. The second-order valence-corrected chi connectivity index (χ2v) is 8.80. The van der Waals surface area contributed by atoms with Crippen molar-refractivity contribution in [3.63, 3.8) is 0 Å². The first-order valence-corrected chi connectivity index (χ1v) is 10.8. The molecule has 1 aliphatic carbocycles. The third-order valence-corrected chi connectivity index (χ3v) is 6.42. The molecule has 0 radical (unpaired) electrons. The van der Waals surface area contributed by atoms with E-state index in [1.807, 2.05) is 19.4 Å². The second-order valence-electron chi connectivity index (χ2n) is 7.79. The van der Waals surface area contributed by atoms with Crippen molar-refractivity contribution in [3.8, 4) is 0 Å². The number of rotatable bonds is 6. The summed E-state index contributed by atoms with van der Waals surface area (Å²) in [5.41, 5.74) is 1.75. The highest BCUT2D eigenvalue weighted by molar-refractivity contribution is 7.22. The Bertz CT molecular complexity index is 1000. The van der Waals surface area contributed by atoms with Crippen molar-refractivity contribution in [1.82, 2.24) is 24.7 Å².